The molecule has 110 valence electrons. The normalized spacial score (nSPS) is 11.0. The molecule has 1 aromatic rings. The van der Waals surface area contributed by atoms with Gasteiger partial charge in [0.15, 0.2) is 0 Å². The minimum absolute atomic E-state index is 0.505. The fourth-order valence-electron chi connectivity index (χ4n) is 1.44. The second-order valence-electron chi connectivity index (χ2n) is 3.78. The maximum absolute atomic E-state index is 10.9. The first-order chi connectivity index (χ1) is 9.65. The van der Waals surface area contributed by atoms with Crippen LogP contribution in [0, 0.1) is 30.3 Å². The van der Waals surface area contributed by atoms with Crippen molar-refractivity contribution in [2.45, 2.75) is 6.92 Å². The summed E-state index contributed by atoms with van der Waals surface area (Å²) in [6, 6.07) is 1.03. The molecule has 0 amide bonds. The van der Waals surface area contributed by atoms with Crippen molar-refractivity contribution < 1.29 is 24.7 Å². The Kier molecular flexibility index (Phi) is 4.28. The molecule has 0 saturated carbocycles. The van der Waals surface area contributed by atoms with E-state index in [2.05, 4.69) is 0 Å². The van der Waals surface area contributed by atoms with Crippen LogP contribution in [0.15, 0.2) is 17.7 Å². The van der Waals surface area contributed by atoms with Gasteiger partial charge in [0.25, 0.3) is 17.1 Å². The highest BCUT2D eigenvalue weighted by molar-refractivity contribution is 5.92. The number of aliphatic carboxylic acids is 1. The predicted octanol–water partition coefficient (Wildman–Crippen LogP) is 0.564. The van der Waals surface area contributed by atoms with Crippen molar-refractivity contribution >= 4 is 29.1 Å². The Bertz CT molecular complexity index is 659. The molecule has 0 aliphatic carbocycles. The number of hydrogen-bond donors (Lipinski definition) is 0. The van der Waals surface area contributed by atoms with Gasteiger partial charge in [0, 0.05) is 0 Å². The van der Waals surface area contributed by atoms with Gasteiger partial charge in [0.2, 0.25) is 0 Å². The quantitative estimate of drug-likeness (QED) is 0.431. The number of rotatable bonds is 5. The Morgan fingerprint density at radius 3 is 1.71 bits per heavy atom. The van der Waals surface area contributed by atoms with Gasteiger partial charge in [-0.25, -0.2) is 0 Å². The smallest absolute Gasteiger partial charge is 0.290 e. The molecule has 0 fully saturated rings. The van der Waals surface area contributed by atoms with Gasteiger partial charge >= 0.3 is 0 Å². The van der Waals surface area contributed by atoms with Gasteiger partial charge in [-0.1, -0.05) is 0 Å². The Balaban J connectivity index is 3.78. The number of carbonyl (C=O) groups excluding carboxylic acids is 1. The zero-order chi connectivity index (χ0) is 16.3. The molecule has 0 unspecified atom stereocenters. The van der Waals surface area contributed by atoms with Crippen LogP contribution < -0.4 is 5.11 Å². The summed E-state index contributed by atoms with van der Waals surface area (Å²) in [7, 11) is 0. The fourth-order valence-corrected chi connectivity index (χ4v) is 1.44. The van der Waals surface area contributed by atoms with E-state index in [0.29, 0.717) is 18.2 Å². The summed E-state index contributed by atoms with van der Waals surface area (Å²) >= 11 is 0. The van der Waals surface area contributed by atoms with Gasteiger partial charge in [0.1, 0.15) is 5.56 Å². The van der Waals surface area contributed by atoms with Crippen LogP contribution in [0.5, 0.6) is 0 Å². The molecule has 0 heterocycles. The second kappa shape index (κ2) is 5.73. The molecular formula is C10H6N3O8-. The maximum Gasteiger partial charge on any atom is 0.290 e. The minimum atomic E-state index is -1.68. The lowest BCUT2D eigenvalue weighted by Gasteiger charge is -2.04. The van der Waals surface area contributed by atoms with Crippen LogP contribution in [-0.4, -0.2) is 20.7 Å². The van der Waals surface area contributed by atoms with E-state index in [-0.39, 0.29) is 0 Å². The monoisotopic (exact) mass is 296 g/mol. The third-order valence-corrected chi connectivity index (χ3v) is 2.41. The molecule has 0 atom stereocenters. The van der Waals surface area contributed by atoms with Crippen molar-refractivity contribution in [2.75, 3.05) is 0 Å². The summed E-state index contributed by atoms with van der Waals surface area (Å²) in [5.74, 6) is -1.68. The fraction of sp³-hybridized carbons (Fsp3) is 0.100. The minimum Gasteiger partial charge on any atom is -0.545 e. The van der Waals surface area contributed by atoms with E-state index >= 15 is 0 Å². The topological polar surface area (TPSA) is 170 Å². The molecule has 0 spiro atoms. The van der Waals surface area contributed by atoms with Crippen LogP contribution in [0.25, 0.3) is 6.08 Å². The molecule has 0 saturated heterocycles. The van der Waals surface area contributed by atoms with Crippen molar-refractivity contribution in [3.63, 3.8) is 0 Å². The van der Waals surface area contributed by atoms with E-state index < -0.39 is 48.9 Å². The summed E-state index contributed by atoms with van der Waals surface area (Å²) in [6.07, 6.45) is 0.662. The molecule has 0 bridgehead atoms. The standard InChI is InChI=1S/C10H7N3O8/c1-5(10(14)15)2-7-8(12(18)19)3-6(11(16)17)4-9(7)13(20)21/h2-4H,1H3,(H,14,15)/p-1/b5-2+. The first-order valence-corrected chi connectivity index (χ1v) is 5.16. The number of carboxylic acids is 1. The van der Waals surface area contributed by atoms with E-state index in [1.165, 1.54) is 0 Å². The Morgan fingerprint density at radius 2 is 1.43 bits per heavy atom. The van der Waals surface area contributed by atoms with Crippen LogP contribution in [0.2, 0.25) is 0 Å². The van der Waals surface area contributed by atoms with Crippen molar-refractivity contribution in [2.24, 2.45) is 0 Å². The first kappa shape index (κ1) is 15.7. The number of nitrogens with zero attached hydrogens (tertiary/aromatic N) is 3. The van der Waals surface area contributed by atoms with E-state index in [0.717, 1.165) is 6.92 Å². The third-order valence-electron chi connectivity index (χ3n) is 2.41. The molecule has 11 heteroatoms. The number of nitro benzene ring substituents is 3. The Labute approximate surface area is 115 Å². The van der Waals surface area contributed by atoms with E-state index in [9.17, 15) is 40.2 Å². The summed E-state index contributed by atoms with van der Waals surface area (Å²) < 4.78 is 0. The predicted molar refractivity (Wildman–Crippen MR) is 65.1 cm³/mol. The highest BCUT2D eigenvalue weighted by Crippen LogP contribution is 2.35. The molecule has 0 radical (unpaired) electrons. The van der Waals surface area contributed by atoms with Crippen molar-refractivity contribution in [1.29, 1.82) is 0 Å². The largest absolute Gasteiger partial charge is 0.545 e. The maximum atomic E-state index is 10.9. The molecule has 1 rings (SSSR count). The van der Waals surface area contributed by atoms with Crippen LogP contribution in [-0.2, 0) is 4.79 Å². The number of carbonyl (C=O) groups is 1. The molecule has 0 aliphatic heterocycles. The molecular weight excluding hydrogens is 290 g/mol. The molecule has 11 nitrogen and oxygen atoms in total. The highest BCUT2D eigenvalue weighted by atomic mass is 16.6. The zero-order valence-electron chi connectivity index (χ0n) is 10.3. The van der Waals surface area contributed by atoms with Crippen molar-refractivity contribution in [3.8, 4) is 0 Å². The number of non-ortho nitro benzene ring substituents is 1. The highest BCUT2D eigenvalue weighted by Gasteiger charge is 2.29. The lowest BCUT2D eigenvalue weighted by molar-refractivity contribution is -0.403. The molecule has 1 aromatic carbocycles. The van der Waals surface area contributed by atoms with Crippen LogP contribution in [0.4, 0.5) is 17.1 Å². The number of hydrogen-bond acceptors (Lipinski definition) is 8. The summed E-state index contributed by atoms with van der Waals surface area (Å²) in [6.45, 7) is 1.02. The Morgan fingerprint density at radius 1 is 1.00 bits per heavy atom. The van der Waals surface area contributed by atoms with Gasteiger partial charge in [-0.15, -0.1) is 0 Å². The Hall–Kier alpha value is -3.37. The average molecular weight is 296 g/mol. The lowest BCUT2D eigenvalue weighted by Crippen LogP contribution is -2.22. The van der Waals surface area contributed by atoms with Crippen LogP contribution >= 0.6 is 0 Å². The van der Waals surface area contributed by atoms with Crippen LogP contribution in [0.1, 0.15) is 12.5 Å². The molecule has 0 aliphatic rings. The van der Waals surface area contributed by atoms with Gasteiger partial charge < -0.3 is 9.90 Å². The van der Waals surface area contributed by atoms with E-state index in [4.69, 9.17) is 0 Å². The van der Waals surface area contributed by atoms with E-state index in [1.807, 2.05) is 0 Å². The number of nitro groups is 3. The summed E-state index contributed by atoms with van der Waals surface area (Å²) in [5, 5.41) is 43.0. The van der Waals surface area contributed by atoms with Gasteiger partial charge in [0.05, 0.1) is 32.9 Å². The molecule has 21 heavy (non-hydrogen) atoms. The van der Waals surface area contributed by atoms with Gasteiger partial charge in [-0.3, -0.25) is 30.3 Å². The lowest BCUT2D eigenvalue weighted by atomic mass is 10.1. The van der Waals surface area contributed by atoms with Crippen molar-refractivity contribution in [1.82, 2.24) is 0 Å². The summed E-state index contributed by atoms with van der Waals surface area (Å²) in [5.41, 5.74) is -3.91. The number of carboxylic acid groups (broad SMARTS) is 1. The molecule has 0 aromatic heterocycles. The SMILES string of the molecule is C/C(=C\c1c([N+](=O)[O-])cc([N+](=O)[O-])cc1[N+](=O)[O-])C(=O)[O-]. The average Bonchev–Trinajstić information content (AvgIpc) is 2.37. The van der Waals surface area contributed by atoms with Gasteiger partial charge in [-0.2, -0.15) is 0 Å². The first-order valence-electron chi connectivity index (χ1n) is 5.16. The molecule has 0 N–H and O–H groups in total. The van der Waals surface area contributed by atoms with Crippen LogP contribution in [0.3, 0.4) is 0 Å². The van der Waals surface area contributed by atoms with Crippen molar-refractivity contribution in [3.05, 3.63) is 53.6 Å². The second-order valence-corrected chi connectivity index (χ2v) is 3.78. The van der Waals surface area contributed by atoms with Gasteiger partial charge in [-0.05, 0) is 18.6 Å². The summed E-state index contributed by atoms with van der Waals surface area (Å²) in [4.78, 5) is 39.8. The third kappa shape index (κ3) is 3.34. The van der Waals surface area contributed by atoms with E-state index in [1.54, 1.807) is 0 Å². The zero-order valence-corrected chi connectivity index (χ0v) is 10.3. The number of benzene rings is 1.